The van der Waals surface area contributed by atoms with Gasteiger partial charge in [0.15, 0.2) is 5.82 Å². The molecule has 0 bridgehead atoms. The number of benzene rings is 2. The van der Waals surface area contributed by atoms with Crippen molar-refractivity contribution in [1.82, 2.24) is 29.5 Å². The molecule has 0 saturated carbocycles. The van der Waals surface area contributed by atoms with Crippen molar-refractivity contribution in [3.63, 3.8) is 0 Å². The number of carbonyl (C=O) groups excluding carboxylic acids is 2. The van der Waals surface area contributed by atoms with E-state index in [-0.39, 0.29) is 29.7 Å². The molecule has 1 fully saturated rings. The Morgan fingerprint density at radius 2 is 1.82 bits per heavy atom. The predicted octanol–water partition coefficient (Wildman–Crippen LogP) is 5.56. The van der Waals surface area contributed by atoms with E-state index >= 15 is 0 Å². The largest absolute Gasteiger partial charge is 0.445 e. The fourth-order valence-electron chi connectivity index (χ4n) is 5.25. The van der Waals surface area contributed by atoms with Crippen LogP contribution in [0.25, 0.3) is 16.8 Å². The molecule has 230 valence electrons. The van der Waals surface area contributed by atoms with Crippen LogP contribution in [-0.4, -0.2) is 54.6 Å². The van der Waals surface area contributed by atoms with Gasteiger partial charge in [0.2, 0.25) is 0 Å². The number of imidazole rings is 1. The number of ether oxygens (including phenoxy) is 1. The zero-order valence-electron chi connectivity index (χ0n) is 23.7. The Kier molecular flexibility index (Phi) is 8.02. The Bertz CT molecular complexity index is 1850. The number of piperidine rings is 1. The average Bonchev–Trinajstić information content (AvgIpc) is 3.45. The molecule has 3 aromatic heterocycles. The summed E-state index contributed by atoms with van der Waals surface area (Å²) >= 11 is 0. The van der Waals surface area contributed by atoms with Gasteiger partial charge in [-0.25, -0.2) is 24.3 Å². The molecule has 0 radical (unpaired) electrons. The number of nitrogens with two attached hydrogens (primary N) is 1. The fourth-order valence-corrected chi connectivity index (χ4v) is 5.25. The lowest BCUT2D eigenvalue weighted by Gasteiger charge is -2.31. The van der Waals surface area contributed by atoms with Crippen LogP contribution in [0, 0.1) is 0 Å². The Labute approximate surface area is 254 Å². The number of anilines is 2. The van der Waals surface area contributed by atoms with Crippen LogP contribution in [0.15, 0.2) is 79.3 Å². The van der Waals surface area contributed by atoms with Gasteiger partial charge in [0.25, 0.3) is 5.91 Å². The van der Waals surface area contributed by atoms with E-state index in [0.717, 1.165) is 36.7 Å². The molecule has 5 aromatic rings. The quantitative estimate of drug-likeness (QED) is 0.253. The molecule has 0 spiro atoms. The first kappa shape index (κ1) is 29.5. The number of rotatable bonds is 6. The molecule has 2 amide bonds. The first-order valence-electron chi connectivity index (χ1n) is 14.1. The minimum atomic E-state index is -4.57. The maximum atomic E-state index is 13.0. The van der Waals surface area contributed by atoms with Gasteiger partial charge in [-0.15, -0.1) is 0 Å². The SMILES string of the molecule is Nc1ncnn2c([C@@H]3CCCN(C(=O)OCc4ccccc4)C3)nc(-c3ccc(C(=O)Nc4cc(C(F)(F)F)ccn4)cc3)c12. The second-order valence-corrected chi connectivity index (χ2v) is 10.5. The number of pyridine rings is 1. The van der Waals surface area contributed by atoms with E-state index in [1.807, 2.05) is 30.3 Å². The van der Waals surface area contributed by atoms with Crippen LogP contribution in [0.2, 0.25) is 0 Å². The van der Waals surface area contributed by atoms with Crippen molar-refractivity contribution in [2.24, 2.45) is 0 Å². The van der Waals surface area contributed by atoms with Gasteiger partial charge in [-0.2, -0.15) is 18.3 Å². The van der Waals surface area contributed by atoms with Crippen molar-refractivity contribution in [1.29, 1.82) is 0 Å². The minimum absolute atomic E-state index is 0.163. The number of nitrogens with zero attached hydrogens (tertiary/aromatic N) is 6. The third kappa shape index (κ3) is 6.39. The minimum Gasteiger partial charge on any atom is -0.445 e. The van der Waals surface area contributed by atoms with E-state index < -0.39 is 23.7 Å². The van der Waals surface area contributed by atoms with Gasteiger partial charge in [0.1, 0.15) is 35.8 Å². The molecule has 6 rings (SSSR count). The van der Waals surface area contributed by atoms with E-state index in [4.69, 9.17) is 15.5 Å². The molecule has 0 unspecified atom stereocenters. The molecule has 1 aliphatic heterocycles. The van der Waals surface area contributed by atoms with Gasteiger partial charge >= 0.3 is 12.3 Å². The van der Waals surface area contributed by atoms with Gasteiger partial charge in [-0.3, -0.25) is 4.79 Å². The predicted molar refractivity (Wildman–Crippen MR) is 158 cm³/mol. The lowest BCUT2D eigenvalue weighted by molar-refractivity contribution is -0.137. The Balaban J connectivity index is 1.21. The van der Waals surface area contributed by atoms with Gasteiger partial charge in [0.05, 0.1) is 5.56 Å². The van der Waals surface area contributed by atoms with Crippen LogP contribution in [0.1, 0.15) is 46.1 Å². The molecule has 4 heterocycles. The Morgan fingerprint density at radius 1 is 1.04 bits per heavy atom. The van der Waals surface area contributed by atoms with Gasteiger partial charge in [-0.1, -0.05) is 42.5 Å². The van der Waals surface area contributed by atoms with Crippen LogP contribution in [0.3, 0.4) is 0 Å². The fraction of sp³-hybridized carbons (Fsp3) is 0.226. The molecule has 1 atom stereocenters. The monoisotopic (exact) mass is 616 g/mol. The topological polar surface area (TPSA) is 141 Å². The molecule has 1 aliphatic rings. The summed E-state index contributed by atoms with van der Waals surface area (Å²) in [5.74, 6) is -0.214. The summed E-state index contributed by atoms with van der Waals surface area (Å²) in [5, 5.41) is 6.80. The van der Waals surface area contributed by atoms with E-state index in [9.17, 15) is 22.8 Å². The summed E-state index contributed by atoms with van der Waals surface area (Å²) in [7, 11) is 0. The molecule has 14 heteroatoms. The molecule has 2 aromatic carbocycles. The summed E-state index contributed by atoms with van der Waals surface area (Å²) in [6, 6.07) is 17.4. The number of likely N-dealkylation sites (tertiary alicyclic amines) is 1. The van der Waals surface area contributed by atoms with E-state index in [0.29, 0.717) is 35.7 Å². The van der Waals surface area contributed by atoms with E-state index in [1.165, 1.54) is 18.5 Å². The number of nitrogens with one attached hydrogen (secondary N) is 1. The maximum Gasteiger partial charge on any atom is 0.416 e. The second-order valence-electron chi connectivity index (χ2n) is 10.5. The highest BCUT2D eigenvalue weighted by molar-refractivity contribution is 6.04. The first-order chi connectivity index (χ1) is 21.7. The van der Waals surface area contributed by atoms with Gasteiger partial charge in [-0.05, 0) is 42.7 Å². The molecule has 1 saturated heterocycles. The lowest BCUT2D eigenvalue weighted by atomic mass is 9.97. The van der Waals surface area contributed by atoms with E-state index in [1.54, 1.807) is 21.5 Å². The number of amides is 2. The third-order valence-electron chi connectivity index (χ3n) is 7.49. The smallest absolute Gasteiger partial charge is 0.416 e. The average molecular weight is 617 g/mol. The van der Waals surface area contributed by atoms with Crippen LogP contribution < -0.4 is 11.1 Å². The van der Waals surface area contributed by atoms with Crippen molar-refractivity contribution in [2.45, 2.75) is 31.5 Å². The van der Waals surface area contributed by atoms with Crippen LogP contribution >= 0.6 is 0 Å². The number of nitrogen functional groups attached to an aromatic ring is 1. The van der Waals surface area contributed by atoms with Crippen molar-refractivity contribution < 1.29 is 27.5 Å². The highest BCUT2D eigenvalue weighted by atomic mass is 19.4. The number of aromatic nitrogens is 5. The Morgan fingerprint density at radius 3 is 2.58 bits per heavy atom. The van der Waals surface area contributed by atoms with Gasteiger partial charge < -0.3 is 20.7 Å². The number of hydrogen-bond donors (Lipinski definition) is 2. The molecule has 3 N–H and O–H groups in total. The molecule has 45 heavy (non-hydrogen) atoms. The van der Waals surface area contributed by atoms with Crippen LogP contribution in [0.5, 0.6) is 0 Å². The summed E-state index contributed by atoms with van der Waals surface area (Å²) in [5.41, 5.74) is 8.01. The lowest BCUT2D eigenvalue weighted by Crippen LogP contribution is -2.39. The standard InChI is InChI=1S/C31H27F3N8O3/c32-31(33,34)23-12-13-36-24(15-23)39-29(43)21-10-8-20(9-11-21)25-26-27(35)37-18-38-42(26)28(40-25)22-7-4-14-41(16-22)30(44)45-17-19-5-2-1-3-6-19/h1-3,5-6,8-13,15,18,22H,4,7,14,16-17H2,(H2,35,37,38)(H,36,39,43)/t22-/m1/s1. The van der Waals surface area contributed by atoms with E-state index in [2.05, 4.69) is 20.4 Å². The van der Waals surface area contributed by atoms with Crippen LogP contribution in [-0.2, 0) is 17.5 Å². The second kappa shape index (κ2) is 12.2. The van der Waals surface area contributed by atoms with Crippen molar-refractivity contribution in [3.05, 3.63) is 102 Å². The number of halogens is 3. The third-order valence-corrected chi connectivity index (χ3v) is 7.49. The summed E-state index contributed by atoms with van der Waals surface area (Å²) in [6.07, 6.45) is -1.17. The number of hydrogen-bond acceptors (Lipinski definition) is 8. The maximum absolute atomic E-state index is 13.0. The zero-order chi connectivity index (χ0) is 31.6. The zero-order valence-corrected chi connectivity index (χ0v) is 23.7. The summed E-state index contributed by atoms with van der Waals surface area (Å²) < 4.78 is 46.3. The van der Waals surface area contributed by atoms with Crippen molar-refractivity contribution in [3.8, 4) is 11.3 Å². The highest BCUT2D eigenvalue weighted by Gasteiger charge is 2.32. The summed E-state index contributed by atoms with van der Waals surface area (Å²) in [4.78, 5) is 40.2. The molecule has 0 aliphatic carbocycles. The van der Waals surface area contributed by atoms with Crippen molar-refractivity contribution >= 4 is 29.2 Å². The molecule has 11 nitrogen and oxygen atoms in total. The Hall–Kier alpha value is -5.53. The summed E-state index contributed by atoms with van der Waals surface area (Å²) in [6.45, 7) is 1.10. The molecular formula is C31H27F3N8O3. The van der Waals surface area contributed by atoms with Gasteiger partial charge in [0, 0.05) is 36.3 Å². The highest BCUT2D eigenvalue weighted by Crippen LogP contribution is 2.34. The first-order valence-corrected chi connectivity index (χ1v) is 14.1. The normalized spacial score (nSPS) is 15.2. The number of carbonyl (C=O) groups is 2. The van der Waals surface area contributed by atoms with Crippen molar-refractivity contribution in [2.75, 3.05) is 24.1 Å². The number of fused-ring (bicyclic) bond motifs is 1. The molecular weight excluding hydrogens is 589 g/mol. The van der Waals surface area contributed by atoms with Crippen LogP contribution in [0.4, 0.5) is 29.6 Å². The number of alkyl halides is 3.